The van der Waals surface area contributed by atoms with Gasteiger partial charge in [0.05, 0.1) is 11.9 Å². The van der Waals surface area contributed by atoms with Crippen LogP contribution in [0.1, 0.15) is 10.5 Å². The van der Waals surface area contributed by atoms with Crippen molar-refractivity contribution in [3.8, 4) is 0 Å². The molecule has 0 spiro atoms. The Balaban J connectivity index is 2.38. The molecular formula is C14H16N4O3. The molecule has 0 aliphatic rings. The van der Waals surface area contributed by atoms with Crippen molar-refractivity contribution in [2.45, 2.75) is 0 Å². The molecule has 0 saturated carbocycles. The molecule has 0 saturated heterocycles. The molecule has 1 N–H and O–H groups in total. The number of carbonyl (C=O) groups is 2. The number of hydrogen-bond donors (Lipinski definition) is 1. The average Bonchev–Trinajstić information content (AvgIpc) is 2.48. The van der Waals surface area contributed by atoms with Crippen LogP contribution in [0.2, 0.25) is 0 Å². The number of nitrogens with one attached hydrogen (secondary N) is 1. The third-order valence-electron chi connectivity index (χ3n) is 3.07. The van der Waals surface area contributed by atoms with Gasteiger partial charge in [-0.1, -0.05) is 18.2 Å². The summed E-state index contributed by atoms with van der Waals surface area (Å²) in [7, 11) is 4.69. The summed E-state index contributed by atoms with van der Waals surface area (Å²) in [5, 5.41) is 7.39. The molecule has 7 heteroatoms. The molecule has 0 aliphatic heterocycles. The highest BCUT2D eigenvalue weighted by Crippen LogP contribution is 2.12. The van der Waals surface area contributed by atoms with Gasteiger partial charge in [0, 0.05) is 26.5 Å². The van der Waals surface area contributed by atoms with Crippen molar-refractivity contribution in [2.24, 2.45) is 7.05 Å². The first-order valence-electron chi connectivity index (χ1n) is 6.36. The lowest BCUT2D eigenvalue weighted by Crippen LogP contribution is -2.37. The van der Waals surface area contributed by atoms with E-state index in [-0.39, 0.29) is 23.7 Å². The van der Waals surface area contributed by atoms with Gasteiger partial charge in [0.15, 0.2) is 5.69 Å². The van der Waals surface area contributed by atoms with E-state index in [1.807, 2.05) is 0 Å². The maximum atomic E-state index is 12.2. The number of nitrogens with zero attached hydrogens (tertiary/aromatic N) is 3. The van der Waals surface area contributed by atoms with Crippen molar-refractivity contribution in [1.29, 1.82) is 0 Å². The van der Waals surface area contributed by atoms with E-state index < -0.39 is 5.91 Å². The summed E-state index contributed by atoms with van der Waals surface area (Å²) in [5.74, 6) is -0.713. The van der Waals surface area contributed by atoms with Crippen molar-refractivity contribution >= 4 is 22.6 Å². The fourth-order valence-electron chi connectivity index (χ4n) is 1.87. The molecule has 1 aromatic heterocycles. The largest absolute Gasteiger partial charge is 0.347 e. The van der Waals surface area contributed by atoms with Gasteiger partial charge < -0.3 is 10.2 Å². The van der Waals surface area contributed by atoms with Gasteiger partial charge in [0.25, 0.3) is 11.5 Å². The summed E-state index contributed by atoms with van der Waals surface area (Å²) in [6, 6.07) is 6.75. The zero-order valence-corrected chi connectivity index (χ0v) is 12.1. The minimum Gasteiger partial charge on any atom is -0.347 e. The standard InChI is InChI=1S/C14H16N4O3/c1-17(2)11(19)8-15-13(20)12-9-6-4-5-7-10(9)14(21)18(3)16-12/h4-7H,8H2,1-3H3,(H,15,20). The van der Waals surface area contributed by atoms with Crippen LogP contribution in [0.4, 0.5) is 0 Å². The fraction of sp³-hybridized carbons (Fsp3) is 0.286. The van der Waals surface area contributed by atoms with Crippen molar-refractivity contribution in [2.75, 3.05) is 20.6 Å². The zero-order chi connectivity index (χ0) is 15.6. The molecule has 21 heavy (non-hydrogen) atoms. The lowest BCUT2D eigenvalue weighted by molar-refractivity contribution is -0.127. The van der Waals surface area contributed by atoms with Gasteiger partial charge in [-0.3, -0.25) is 14.4 Å². The Bertz CT molecular complexity index is 764. The molecule has 0 atom stereocenters. The summed E-state index contributed by atoms with van der Waals surface area (Å²) in [6.45, 7) is -0.120. The summed E-state index contributed by atoms with van der Waals surface area (Å²) < 4.78 is 1.12. The Morgan fingerprint density at radius 3 is 2.48 bits per heavy atom. The molecule has 0 radical (unpaired) electrons. The quantitative estimate of drug-likeness (QED) is 0.844. The Morgan fingerprint density at radius 2 is 1.86 bits per heavy atom. The lowest BCUT2D eigenvalue weighted by atomic mass is 10.1. The minimum absolute atomic E-state index is 0.120. The highest BCUT2D eigenvalue weighted by atomic mass is 16.2. The normalized spacial score (nSPS) is 10.4. The number of aryl methyl sites for hydroxylation is 1. The Hall–Kier alpha value is -2.70. The second kappa shape index (κ2) is 5.74. The van der Waals surface area contributed by atoms with Gasteiger partial charge in [-0.25, -0.2) is 4.68 Å². The van der Waals surface area contributed by atoms with E-state index in [4.69, 9.17) is 0 Å². The van der Waals surface area contributed by atoms with Crippen molar-refractivity contribution in [3.63, 3.8) is 0 Å². The van der Waals surface area contributed by atoms with Crippen LogP contribution in [0, 0.1) is 0 Å². The highest BCUT2D eigenvalue weighted by molar-refractivity contribution is 6.05. The molecule has 1 aromatic carbocycles. The Kier molecular flexibility index (Phi) is 4.02. The van der Waals surface area contributed by atoms with Gasteiger partial charge in [0.2, 0.25) is 5.91 Å². The second-order valence-corrected chi connectivity index (χ2v) is 4.79. The summed E-state index contributed by atoms with van der Waals surface area (Å²) >= 11 is 0. The maximum absolute atomic E-state index is 12.2. The van der Waals surface area contributed by atoms with Crippen LogP contribution < -0.4 is 10.9 Å². The van der Waals surface area contributed by atoms with Crippen molar-refractivity contribution in [3.05, 3.63) is 40.3 Å². The van der Waals surface area contributed by atoms with Crippen LogP contribution in [0.3, 0.4) is 0 Å². The topological polar surface area (TPSA) is 84.3 Å². The molecule has 0 aliphatic carbocycles. The first kappa shape index (κ1) is 14.7. The molecule has 7 nitrogen and oxygen atoms in total. The van der Waals surface area contributed by atoms with Crippen LogP contribution in [0.5, 0.6) is 0 Å². The number of carbonyl (C=O) groups excluding carboxylic acids is 2. The highest BCUT2D eigenvalue weighted by Gasteiger charge is 2.16. The fourth-order valence-corrected chi connectivity index (χ4v) is 1.87. The monoisotopic (exact) mass is 288 g/mol. The Morgan fingerprint density at radius 1 is 1.24 bits per heavy atom. The van der Waals surface area contributed by atoms with Crippen molar-refractivity contribution in [1.82, 2.24) is 20.0 Å². The van der Waals surface area contributed by atoms with E-state index in [1.165, 1.54) is 11.9 Å². The number of benzene rings is 1. The molecule has 0 bridgehead atoms. The lowest BCUT2D eigenvalue weighted by Gasteiger charge is -2.12. The Labute approximate surface area is 121 Å². The maximum Gasteiger partial charge on any atom is 0.274 e. The third-order valence-corrected chi connectivity index (χ3v) is 3.07. The number of aromatic nitrogens is 2. The molecule has 110 valence electrons. The van der Waals surface area contributed by atoms with Gasteiger partial charge >= 0.3 is 0 Å². The molecule has 0 unspecified atom stereocenters. The molecule has 2 aromatic rings. The van der Waals surface area contributed by atoms with E-state index in [1.54, 1.807) is 38.4 Å². The molecular weight excluding hydrogens is 272 g/mol. The van der Waals surface area contributed by atoms with E-state index in [2.05, 4.69) is 10.4 Å². The first-order valence-corrected chi connectivity index (χ1v) is 6.36. The zero-order valence-electron chi connectivity index (χ0n) is 12.1. The summed E-state index contributed by atoms with van der Waals surface area (Å²) in [5.41, 5.74) is -0.147. The van der Waals surface area contributed by atoms with Gasteiger partial charge in [0.1, 0.15) is 0 Å². The molecule has 2 amide bonds. The van der Waals surface area contributed by atoms with Crippen LogP contribution in [0.15, 0.2) is 29.1 Å². The summed E-state index contributed by atoms with van der Waals surface area (Å²) in [4.78, 5) is 37.0. The van der Waals surface area contributed by atoms with Crippen LogP contribution in [0.25, 0.3) is 10.8 Å². The number of fused-ring (bicyclic) bond motifs is 1. The molecule has 2 rings (SSSR count). The third kappa shape index (κ3) is 2.91. The van der Waals surface area contributed by atoms with E-state index in [9.17, 15) is 14.4 Å². The summed E-state index contributed by atoms with van der Waals surface area (Å²) in [6.07, 6.45) is 0. The van der Waals surface area contributed by atoms with Gasteiger partial charge in [-0.2, -0.15) is 5.10 Å². The van der Waals surface area contributed by atoms with E-state index >= 15 is 0 Å². The molecule has 0 fully saturated rings. The predicted octanol–water partition coefficient (Wildman–Crippen LogP) is -0.248. The number of amides is 2. The van der Waals surface area contributed by atoms with Gasteiger partial charge in [-0.05, 0) is 6.07 Å². The predicted molar refractivity (Wildman–Crippen MR) is 78.0 cm³/mol. The SMILES string of the molecule is CN(C)C(=O)CNC(=O)c1nn(C)c(=O)c2ccccc12. The van der Waals surface area contributed by atoms with E-state index in [0.717, 1.165) is 4.68 Å². The number of rotatable bonds is 3. The van der Waals surface area contributed by atoms with Crippen LogP contribution in [-0.2, 0) is 11.8 Å². The number of likely N-dealkylation sites (N-methyl/N-ethyl adjacent to an activating group) is 1. The minimum atomic E-state index is -0.489. The van der Waals surface area contributed by atoms with E-state index in [0.29, 0.717) is 10.8 Å². The van der Waals surface area contributed by atoms with Crippen molar-refractivity contribution < 1.29 is 9.59 Å². The van der Waals surface area contributed by atoms with Crippen LogP contribution >= 0.6 is 0 Å². The molecule has 1 heterocycles. The first-order chi connectivity index (χ1) is 9.91. The number of hydrogen-bond acceptors (Lipinski definition) is 4. The van der Waals surface area contributed by atoms with Crippen LogP contribution in [-0.4, -0.2) is 47.1 Å². The van der Waals surface area contributed by atoms with Gasteiger partial charge in [-0.15, -0.1) is 0 Å². The smallest absolute Gasteiger partial charge is 0.274 e. The average molecular weight is 288 g/mol. The second-order valence-electron chi connectivity index (χ2n) is 4.79.